The summed E-state index contributed by atoms with van der Waals surface area (Å²) in [5, 5.41) is 0. The van der Waals surface area contributed by atoms with E-state index in [1.54, 1.807) is 12.1 Å². The highest BCUT2D eigenvalue weighted by molar-refractivity contribution is 5.76. The van der Waals surface area contributed by atoms with Gasteiger partial charge in [-0.05, 0) is 39.4 Å². The smallest absolute Gasteiger partial charge is 0.223 e. The fourth-order valence-electron chi connectivity index (χ4n) is 2.76. The first-order valence-corrected chi connectivity index (χ1v) is 7.85. The number of amides is 1. The van der Waals surface area contributed by atoms with Gasteiger partial charge in [-0.1, -0.05) is 6.07 Å². The van der Waals surface area contributed by atoms with Crippen molar-refractivity contribution in [1.29, 1.82) is 0 Å². The van der Waals surface area contributed by atoms with E-state index in [0.717, 1.165) is 13.1 Å². The first-order chi connectivity index (χ1) is 10.5. The minimum atomic E-state index is -0.311. The van der Waals surface area contributed by atoms with Crippen molar-refractivity contribution in [3.63, 3.8) is 0 Å². The van der Waals surface area contributed by atoms with Crippen LogP contribution in [0.3, 0.4) is 0 Å². The summed E-state index contributed by atoms with van der Waals surface area (Å²) in [6.07, 6.45) is 1.11. The van der Waals surface area contributed by atoms with E-state index in [4.69, 9.17) is 4.74 Å². The van der Waals surface area contributed by atoms with Crippen LogP contribution in [-0.4, -0.2) is 54.5 Å². The first-order valence-electron chi connectivity index (χ1n) is 7.85. The van der Waals surface area contributed by atoms with Gasteiger partial charge in [0.1, 0.15) is 11.6 Å². The van der Waals surface area contributed by atoms with Gasteiger partial charge in [-0.15, -0.1) is 0 Å². The zero-order valence-electron chi connectivity index (χ0n) is 13.6. The SMILES string of the molecule is C[C@@H]1CN(C)[C@@H](C)CN1C(=O)CCCOc1cccc(F)c1. The summed E-state index contributed by atoms with van der Waals surface area (Å²) in [6, 6.07) is 6.71. The molecule has 0 saturated carbocycles. The predicted molar refractivity (Wildman–Crippen MR) is 84.4 cm³/mol. The van der Waals surface area contributed by atoms with Crippen LogP contribution in [0.2, 0.25) is 0 Å². The van der Waals surface area contributed by atoms with Crippen molar-refractivity contribution in [3.05, 3.63) is 30.1 Å². The molecule has 0 unspecified atom stereocenters. The molecule has 1 saturated heterocycles. The molecule has 1 heterocycles. The molecule has 22 heavy (non-hydrogen) atoms. The van der Waals surface area contributed by atoms with Gasteiger partial charge in [-0.3, -0.25) is 9.69 Å². The molecule has 2 rings (SSSR count). The highest BCUT2D eigenvalue weighted by Crippen LogP contribution is 2.16. The molecule has 1 fully saturated rings. The molecule has 0 N–H and O–H groups in total. The van der Waals surface area contributed by atoms with Gasteiger partial charge in [-0.25, -0.2) is 4.39 Å². The molecular weight excluding hydrogens is 283 g/mol. The molecule has 2 atom stereocenters. The standard InChI is InChI=1S/C17H25FN2O2/c1-13-12-20(14(2)11-19(13)3)17(21)8-5-9-22-16-7-4-6-15(18)10-16/h4,6-7,10,13-14H,5,8-9,11-12H2,1-3H3/t13-,14+/m0/s1. The van der Waals surface area contributed by atoms with Crippen molar-refractivity contribution in [2.24, 2.45) is 0 Å². The number of hydrogen-bond donors (Lipinski definition) is 0. The molecule has 0 radical (unpaired) electrons. The van der Waals surface area contributed by atoms with Crippen LogP contribution < -0.4 is 4.74 Å². The van der Waals surface area contributed by atoms with E-state index >= 15 is 0 Å². The number of rotatable bonds is 5. The third-order valence-electron chi connectivity index (χ3n) is 4.22. The van der Waals surface area contributed by atoms with E-state index in [-0.39, 0.29) is 17.8 Å². The van der Waals surface area contributed by atoms with Crippen LogP contribution in [0.4, 0.5) is 4.39 Å². The molecule has 0 spiro atoms. The van der Waals surface area contributed by atoms with Crippen LogP contribution >= 0.6 is 0 Å². The van der Waals surface area contributed by atoms with E-state index in [2.05, 4.69) is 25.8 Å². The van der Waals surface area contributed by atoms with Crippen LogP contribution in [0.1, 0.15) is 26.7 Å². The monoisotopic (exact) mass is 308 g/mol. The van der Waals surface area contributed by atoms with Gasteiger partial charge in [0.05, 0.1) is 6.61 Å². The Hall–Kier alpha value is -1.62. The molecule has 1 aromatic carbocycles. The molecule has 122 valence electrons. The molecule has 0 aliphatic carbocycles. The third-order valence-corrected chi connectivity index (χ3v) is 4.22. The zero-order valence-corrected chi connectivity index (χ0v) is 13.6. The van der Waals surface area contributed by atoms with Gasteiger partial charge in [0, 0.05) is 37.7 Å². The molecule has 1 aromatic rings. The van der Waals surface area contributed by atoms with Gasteiger partial charge in [-0.2, -0.15) is 0 Å². The average Bonchev–Trinajstić information content (AvgIpc) is 2.47. The summed E-state index contributed by atoms with van der Waals surface area (Å²) < 4.78 is 18.5. The number of carbonyl (C=O) groups excluding carboxylic acids is 1. The summed E-state index contributed by atoms with van der Waals surface area (Å²) >= 11 is 0. The number of likely N-dealkylation sites (N-methyl/N-ethyl adjacent to an activating group) is 1. The number of carbonyl (C=O) groups is 1. The van der Waals surface area contributed by atoms with Crippen LogP contribution in [0.15, 0.2) is 24.3 Å². The summed E-state index contributed by atoms with van der Waals surface area (Å²) in [5.74, 6) is 0.373. The van der Waals surface area contributed by atoms with Crippen molar-refractivity contribution in [3.8, 4) is 5.75 Å². The Balaban J connectivity index is 1.73. The lowest BCUT2D eigenvalue weighted by Crippen LogP contribution is -2.56. The van der Waals surface area contributed by atoms with Gasteiger partial charge >= 0.3 is 0 Å². The lowest BCUT2D eigenvalue weighted by molar-refractivity contribution is -0.137. The molecule has 1 aliphatic heterocycles. The van der Waals surface area contributed by atoms with Gasteiger partial charge < -0.3 is 9.64 Å². The number of piperazine rings is 1. The summed E-state index contributed by atoms with van der Waals surface area (Å²) in [6.45, 7) is 6.34. The Kier molecular flexibility index (Phi) is 5.77. The van der Waals surface area contributed by atoms with Crippen LogP contribution in [-0.2, 0) is 4.79 Å². The average molecular weight is 308 g/mol. The van der Waals surface area contributed by atoms with Crippen LogP contribution in [0.5, 0.6) is 5.75 Å². The number of ether oxygens (including phenoxy) is 1. The number of nitrogens with zero attached hydrogens (tertiary/aromatic N) is 2. The molecule has 1 amide bonds. The maximum atomic E-state index is 13.0. The maximum Gasteiger partial charge on any atom is 0.223 e. The van der Waals surface area contributed by atoms with Crippen LogP contribution in [0, 0.1) is 5.82 Å². The van der Waals surface area contributed by atoms with E-state index in [1.165, 1.54) is 12.1 Å². The second-order valence-corrected chi connectivity index (χ2v) is 6.09. The van der Waals surface area contributed by atoms with E-state index < -0.39 is 0 Å². The second kappa shape index (κ2) is 7.58. The molecule has 0 aromatic heterocycles. The lowest BCUT2D eigenvalue weighted by atomic mass is 10.1. The fourth-order valence-corrected chi connectivity index (χ4v) is 2.76. The molecule has 0 bridgehead atoms. The van der Waals surface area contributed by atoms with Crippen molar-refractivity contribution < 1.29 is 13.9 Å². The van der Waals surface area contributed by atoms with Gasteiger partial charge in [0.25, 0.3) is 0 Å². The highest BCUT2D eigenvalue weighted by Gasteiger charge is 2.29. The Morgan fingerprint density at radius 2 is 2.09 bits per heavy atom. The minimum Gasteiger partial charge on any atom is -0.493 e. The molecule has 4 nitrogen and oxygen atoms in total. The third kappa shape index (κ3) is 4.44. The normalized spacial score (nSPS) is 22.6. The zero-order chi connectivity index (χ0) is 16.1. The van der Waals surface area contributed by atoms with E-state index in [1.807, 2.05) is 4.90 Å². The Morgan fingerprint density at radius 3 is 2.82 bits per heavy atom. The highest BCUT2D eigenvalue weighted by atomic mass is 19.1. The van der Waals surface area contributed by atoms with Crippen molar-refractivity contribution in [2.75, 3.05) is 26.7 Å². The predicted octanol–water partition coefficient (Wildman–Crippen LogP) is 2.54. The number of hydrogen-bond acceptors (Lipinski definition) is 3. The maximum absolute atomic E-state index is 13.0. The van der Waals surface area contributed by atoms with Crippen molar-refractivity contribution in [2.45, 2.75) is 38.8 Å². The molecule has 5 heteroatoms. The van der Waals surface area contributed by atoms with Crippen molar-refractivity contribution in [1.82, 2.24) is 9.80 Å². The van der Waals surface area contributed by atoms with Crippen molar-refractivity contribution >= 4 is 5.91 Å². The lowest BCUT2D eigenvalue weighted by Gasteiger charge is -2.42. The molecular formula is C17H25FN2O2. The number of halogens is 1. The van der Waals surface area contributed by atoms with Gasteiger partial charge in [0.2, 0.25) is 5.91 Å². The minimum absolute atomic E-state index is 0.176. The fraction of sp³-hybridized carbons (Fsp3) is 0.588. The van der Waals surface area contributed by atoms with Gasteiger partial charge in [0.15, 0.2) is 0 Å². The summed E-state index contributed by atoms with van der Waals surface area (Å²) in [5.41, 5.74) is 0. The largest absolute Gasteiger partial charge is 0.493 e. The van der Waals surface area contributed by atoms with E-state index in [0.29, 0.717) is 31.2 Å². The first kappa shape index (κ1) is 16.7. The summed E-state index contributed by atoms with van der Waals surface area (Å²) in [4.78, 5) is 16.6. The Labute approximate surface area is 131 Å². The Bertz CT molecular complexity index is 509. The summed E-state index contributed by atoms with van der Waals surface area (Å²) in [7, 11) is 2.09. The second-order valence-electron chi connectivity index (χ2n) is 6.09. The number of benzene rings is 1. The topological polar surface area (TPSA) is 32.8 Å². The van der Waals surface area contributed by atoms with Crippen LogP contribution in [0.25, 0.3) is 0 Å². The Morgan fingerprint density at radius 1 is 1.32 bits per heavy atom. The quantitative estimate of drug-likeness (QED) is 0.784. The molecule has 1 aliphatic rings. The van der Waals surface area contributed by atoms with E-state index in [9.17, 15) is 9.18 Å².